The molecule has 0 saturated heterocycles. The SMILES string of the molecule is CC(=O)Nc1ccc(NC(=O)C2(CC(=O)NC3CC3)CCCCC2)cc1. The Kier molecular flexibility index (Phi) is 5.59. The molecule has 0 bridgehead atoms. The van der Waals surface area contributed by atoms with E-state index in [1.54, 1.807) is 24.3 Å². The zero-order chi connectivity index (χ0) is 18.6. The largest absolute Gasteiger partial charge is 0.353 e. The molecule has 1 aromatic rings. The van der Waals surface area contributed by atoms with E-state index >= 15 is 0 Å². The second kappa shape index (κ2) is 7.89. The van der Waals surface area contributed by atoms with Gasteiger partial charge in [0.15, 0.2) is 0 Å². The molecule has 2 aliphatic rings. The van der Waals surface area contributed by atoms with Crippen molar-refractivity contribution in [1.29, 1.82) is 0 Å². The highest BCUT2D eigenvalue weighted by molar-refractivity contribution is 5.98. The summed E-state index contributed by atoms with van der Waals surface area (Å²) in [5.41, 5.74) is 0.747. The fourth-order valence-corrected chi connectivity index (χ4v) is 3.63. The lowest BCUT2D eigenvalue weighted by atomic mass is 9.71. The third-order valence-corrected chi connectivity index (χ3v) is 5.20. The minimum Gasteiger partial charge on any atom is -0.353 e. The Balaban J connectivity index is 1.66. The number of amides is 3. The lowest BCUT2D eigenvalue weighted by Crippen LogP contribution is -2.42. The molecule has 6 heteroatoms. The van der Waals surface area contributed by atoms with Crippen LogP contribution in [0.2, 0.25) is 0 Å². The third kappa shape index (κ3) is 4.84. The van der Waals surface area contributed by atoms with Crippen LogP contribution in [0.25, 0.3) is 0 Å². The zero-order valence-corrected chi connectivity index (χ0v) is 15.3. The molecule has 2 aliphatic carbocycles. The number of anilines is 2. The first-order chi connectivity index (χ1) is 12.5. The average molecular weight is 357 g/mol. The molecule has 26 heavy (non-hydrogen) atoms. The topological polar surface area (TPSA) is 87.3 Å². The van der Waals surface area contributed by atoms with Crippen molar-refractivity contribution in [2.75, 3.05) is 10.6 Å². The van der Waals surface area contributed by atoms with Crippen LogP contribution in [0.3, 0.4) is 0 Å². The number of carbonyl (C=O) groups is 3. The van der Waals surface area contributed by atoms with Crippen molar-refractivity contribution in [2.24, 2.45) is 5.41 Å². The van der Waals surface area contributed by atoms with Gasteiger partial charge in [-0.3, -0.25) is 14.4 Å². The van der Waals surface area contributed by atoms with Gasteiger partial charge in [0.25, 0.3) is 0 Å². The van der Waals surface area contributed by atoms with Crippen molar-refractivity contribution in [3.05, 3.63) is 24.3 Å². The Hall–Kier alpha value is -2.37. The molecular formula is C20H27N3O3. The van der Waals surface area contributed by atoms with E-state index in [9.17, 15) is 14.4 Å². The molecule has 0 unspecified atom stereocenters. The van der Waals surface area contributed by atoms with Crippen LogP contribution in [0, 0.1) is 5.41 Å². The highest BCUT2D eigenvalue weighted by Gasteiger charge is 2.42. The Labute approximate surface area is 154 Å². The molecule has 0 atom stereocenters. The Morgan fingerprint density at radius 1 is 0.962 bits per heavy atom. The minimum absolute atomic E-state index is 0.00874. The molecule has 3 amide bonds. The maximum Gasteiger partial charge on any atom is 0.231 e. The summed E-state index contributed by atoms with van der Waals surface area (Å²) in [5.74, 6) is -0.217. The van der Waals surface area contributed by atoms with Gasteiger partial charge in [-0.15, -0.1) is 0 Å². The van der Waals surface area contributed by atoms with Crippen molar-refractivity contribution < 1.29 is 14.4 Å². The molecule has 140 valence electrons. The first-order valence-corrected chi connectivity index (χ1v) is 9.45. The smallest absolute Gasteiger partial charge is 0.231 e. The van der Waals surface area contributed by atoms with E-state index in [4.69, 9.17) is 0 Å². The summed E-state index contributed by atoms with van der Waals surface area (Å²) in [6.45, 7) is 1.45. The number of nitrogens with one attached hydrogen (secondary N) is 3. The van der Waals surface area contributed by atoms with Crippen molar-refractivity contribution in [3.63, 3.8) is 0 Å². The van der Waals surface area contributed by atoms with E-state index in [0.29, 0.717) is 17.4 Å². The van der Waals surface area contributed by atoms with Crippen LogP contribution >= 0.6 is 0 Å². The summed E-state index contributed by atoms with van der Waals surface area (Å²) in [7, 11) is 0. The Morgan fingerprint density at radius 3 is 2.08 bits per heavy atom. The monoisotopic (exact) mass is 357 g/mol. The van der Waals surface area contributed by atoms with Crippen molar-refractivity contribution in [1.82, 2.24) is 5.32 Å². The lowest BCUT2D eigenvalue weighted by Gasteiger charge is -2.35. The van der Waals surface area contributed by atoms with E-state index in [-0.39, 0.29) is 24.1 Å². The van der Waals surface area contributed by atoms with Gasteiger partial charge < -0.3 is 16.0 Å². The highest BCUT2D eigenvalue weighted by Crippen LogP contribution is 2.40. The van der Waals surface area contributed by atoms with Gasteiger partial charge in [-0.1, -0.05) is 19.3 Å². The van der Waals surface area contributed by atoms with Crippen LogP contribution in [0.5, 0.6) is 0 Å². The molecule has 2 saturated carbocycles. The predicted octanol–water partition coefficient (Wildman–Crippen LogP) is 3.20. The molecular weight excluding hydrogens is 330 g/mol. The van der Waals surface area contributed by atoms with Gasteiger partial charge in [-0.25, -0.2) is 0 Å². The van der Waals surface area contributed by atoms with Crippen LogP contribution in [0.4, 0.5) is 11.4 Å². The molecule has 3 N–H and O–H groups in total. The fraction of sp³-hybridized carbons (Fsp3) is 0.550. The first kappa shape index (κ1) is 18.4. The van der Waals surface area contributed by atoms with Crippen molar-refractivity contribution >= 4 is 29.1 Å². The summed E-state index contributed by atoms with van der Waals surface area (Å²) < 4.78 is 0. The minimum atomic E-state index is -0.618. The molecule has 0 spiro atoms. The molecule has 6 nitrogen and oxygen atoms in total. The highest BCUT2D eigenvalue weighted by atomic mass is 16.2. The van der Waals surface area contributed by atoms with Crippen LogP contribution < -0.4 is 16.0 Å². The second-order valence-electron chi connectivity index (χ2n) is 7.57. The molecule has 0 aliphatic heterocycles. The van der Waals surface area contributed by atoms with E-state index in [1.807, 2.05) is 0 Å². The third-order valence-electron chi connectivity index (χ3n) is 5.20. The van der Waals surface area contributed by atoms with Crippen LogP contribution in [-0.4, -0.2) is 23.8 Å². The van der Waals surface area contributed by atoms with Gasteiger partial charge in [0.1, 0.15) is 0 Å². The average Bonchev–Trinajstić information content (AvgIpc) is 3.40. The molecule has 1 aromatic carbocycles. The second-order valence-corrected chi connectivity index (χ2v) is 7.57. The summed E-state index contributed by atoms with van der Waals surface area (Å²) >= 11 is 0. The number of carbonyl (C=O) groups excluding carboxylic acids is 3. The van der Waals surface area contributed by atoms with Gasteiger partial charge in [0.05, 0.1) is 5.41 Å². The summed E-state index contributed by atoms with van der Waals surface area (Å²) in [5, 5.41) is 8.69. The quantitative estimate of drug-likeness (QED) is 0.730. The predicted molar refractivity (Wildman–Crippen MR) is 101 cm³/mol. The van der Waals surface area contributed by atoms with Crippen molar-refractivity contribution in [3.8, 4) is 0 Å². The number of benzene rings is 1. The van der Waals surface area contributed by atoms with Gasteiger partial charge in [0.2, 0.25) is 17.7 Å². The molecule has 3 rings (SSSR count). The fourth-order valence-electron chi connectivity index (χ4n) is 3.63. The van der Waals surface area contributed by atoms with Crippen LogP contribution in [-0.2, 0) is 14.4 Å². The van der Waals surface area contributed by atoms with Crippen LogP contribution in [0.1, 0.15) is 58.3 Å². The van der Waals surface area contributed by atoms with E-state index in [1.165, 1.54) is 6.92 Å². The molecule has 2 fully saturated rings. The van der Waals surface area contributed by atoms with Crippen molar-refractivity contribution in [2.45, 2.75) is 64.3 Å². The Bertz CT molecular complexity index is 674. The number of hydrogen-bond acceptors (Lipinski definition) is 3. The van der Waals surface area contributed by atoms with E-state index in [0.717, 1.165) is 44.9 Å². The summed E-state index contributed by atoms with van der Waals surface area (Å²) in [6.07, 6.45) is 6.93. The van der Waals surface area contributed by atoms with E-state index in [2.05, 4.69) is 16.0 Å². The molecule has 0 aromatic heterocycles. The normalized spacial score (nSPS) is 18.7. The standard InChI is InChI=1S/C20H27N3O3/c1-14(24)21-15-5-9-17(10-6-15)23-19(26)20(11-3-2-4-12-20)13-18(25)22-16-7-8-16/h5-6,9-10,16H,2-4,7-8,11-13H2,1H3,(H,21,24)(H,22,25)(H,23,26). The number of rotatable bonds is 6. The van der Waals surface area contributed by atoms with Gasteiger partial charge in [0, 0.05) is 30.8 Å². The van der Waals surface area contributed by atoms with Gasteiger partial charge >= 0.3 is 0 Å². The van der Waals surface area contributed by atoms with Gasteiger partial charge in [-0.2, -0.15) is 0 Å². The molecule has 0 radical (unpaired) electrons. The lowest BCUT2D eigenvalue weighted by molar-refractivity contribution is -0.134. The summed E-state index contributed by atoms with van der Waals surface area (Å²) in [4.78, 5) is 36.5. The first-order valence-electron chi connectivity index (χ1n) is 9.45. The molecule has 0 heterocycles. The van der Waals surface area contributed by atoms with Gasteiger partial charge in [-0.05, 0) is 49.9 Å². The maximum atomic E-state index is 13.0. The number of hydrogen-bond donors (Lipinski definition) is 3. The summed E-state index contributed by atoms with van der Waals surface area (Å²) in [6, 6.07) is 7.36. The zero-order valence-electron chi connectivity index (χ0n) is 15.3. The maximum absolute atomic E-state index is 13.0. The van der Waals surface area contributed by atoms with Crippen LogP contribution in [0.15, 0.2) is 24.3 Å². The Morgan fingerprint density at radius 2 is 1.54 bits per heavy atom. The van der Waals surface area contributed by atoms with E-state index < -0.39 is 5.41 Å².